The van der Waals surface area contributed by atoms with Crippen molar-refractivity contribution in [3.05, 3.63) is 83.6 Å². The van der Waals surface area contributed by atoms with Crippen molar-refractivity contribution in [3.8, 4) is 17.5 Å². The first kappa shape index (κ1) is 35.4. The van der Waals surface area contributed by atoms with Gasteiger partial charge in [0.2, 0.25) is 5.91 Å². The summed E-state index contributed by atoms with van der Waals surface area (Å²) in [5, 5.41) is 21.3. The number of para-hydroxylation sites is 3. The van der Waals surface area contributed by atoms with Gasteiger partial charge in [-0.25, -0.2) is 9.48 Å². The maximum absolute atomic E-state index is 14.5. The molecule has 1 aliphatic heterocycles. The summed E-state index contributed by atoms with van der Waals surface area (Å²) >= 11 is 0. The van der Waals surface area contributed by atoms with Gasteiger partial charge in [0.25, 0.3) is 11.8 Å². The number of nitrogens with one attached hydrogen (secondary N) is 2. The molecule has 0 unspecified atom stereocenters. The lowest BCUT2D eigenvalue weighted by Gasteiger charge is -2.30. The molecular weight excluding hydrogens is 638 g/mol. The van der Waals surface area contributed by atoms with Gasteiger partial charge in [-0.2, -0.15) is 10.4 Å². The third kappa shape index (κ3) is 7.24. The Labute approximate surface area is 290 Å². The van der Waals surface area contributed by atoms with Crippen molar-refractivity contribution >= 4 is 40.4 Å². The Morgan fingerprint density at radius 2 is 1.78 bits per heavy atom. The summed E-state index contributed by atoms with van der Waals surface area (Å²) in [6.45, 7) is 10.7. The second kappa shape index (κ2) is 14.3. The van der Waals surface area contributed by atoms with E-state index in [-0.39, 0.29) is 18.0 Å². The molecule has 2 N–H and O–H groups in total. The molecule has 13 heteroatoms. The molecular formula is C37H41N7O6. The van der Waals surface area contributed by atoms with Crippen molar-refractivity contribution in [1.82, 2.24) is 25.3 Å². The minimum absolute atomic E-state index is 0.00193. The zero-order chi connectivity index (χ0) is 36.3. The number of carbonyl (C=O) groups excluding carboxylic acids is 4. The molecule has 0 saturated heterocycles. The van der Waals surface area contributed by atoms with E-state index in [1.807, 2.05) is 31.2 Å². The highest BCUT2D eigenvalue weighted by Crippen LogP contribution is 2.35. The van der Waals surface area contributed by atoms with Gasteiger partial charge >= 0.3 is 6.09 Å². The summed E-state index contributed by atoms with van der Waals surface area (Å²) in [4.78, 5) is 55.8. The number of hydrogen-bond acceptors (Lipinski definition) is 8. The van der Waals surface area contributed by atoms with E-state index >= 15 is 0 Å². The normalized spacial score (nSPS) is 16.4. The number of aromatic nitrogens is 2. The van der Waals surface area contributed by atoms with Crippen LogP contribution in [0.15, 0.2) is 66.7 Å². The van der Waals surface area contributed by atoms with Gasteiger partial charge in [0.1, 0.15) is 35.6 Å². The van der Waals surface area contributed by atoms with Crippen LogP contribution in [-0.4, -0.2) is 75.9 Å². The van der Waals surface area contributed by atoms with Crippen molar-refractivity contribution < 1.29 is 28.7 Å². The SMILES string of the molecule is CCNC(=O)c1ccc(-n2nc(CN3C(=O)[C@@H](NC(=O)[C@H](C)N(C)C(=O)OC(C)(C)C)[C@H](C)Oc4ccccc43)c3ccccc32)c(C#N)c1. The summed E-state index contributed by atoms with van der Waals surface area (Å²) in [6, 6.07) is 19.5. The van der Waals surface area contributed by atoms with Gasteiger partial charge in [-0.1, -0.05) is 30.3 Å². The highest BCUT2D eigenvalue weighted by molar-refractivity contribution is 6.02. The fourth-order valence-electron chi connectivity index (χ4n) is 5.61. The zero-order valence-corrected chi connectivity index (χ0v) is 29.2. The van der Waals surface area contributed by atoms with E-state index in [2.05, 4.69) is 16.7 Å². The topological polar surface area (TPSA) is 159 Å². The molecule has 0 fully saturated rings. The number of likely N-dealkylation sites (N-methyl/N-ethyl adjacent to an activating group) is 1. The fourth-order valence-corrected chi connectivity index (χ4v) is 5.61. The number of fused-ring (bicyclic) bond motifs is 2. The van der Waals surface area contributed by atoms with E-state index in [4.69, 9.17) is 14.6 Å². The number of anilines is 1. The van der Waals surface area contributed by atoms with Crippen LogP contribution < -0.4 is 20.3 Å². The van der Waals surface area contributed by atoms with E-state index < -0.39 is 41.7 Å². The Morgan fingerprint density at radius 3 is 2.48 bits per heavy atom. The Balaban J connectivity index is 1.50. The monoisotopic (exact) mass is 679 g/mol. The molecule has 0 aliphatic carbocycles. The van der Waals surface area contributed by atoms with Crippen LogP contribution >= 0.6 is 0 Å². The summed E-state index contributed by atoms with van der Waals surface area (Å²) in [5.41, 5.74) is 2.02. The number of hydrogen-bond donors (Lipinski definition) is 2. The van der Waals surface area contributed by atoms with Gasteiger partial charge in [0.05, 0.1) is 34.7 Å². The Kier molecular flexibility index (Phi) is 10.1. The number of ether oxygens (including phenoxy) is 2. The smallest absolute Gasteiger partial charge is 0.410 e. The number of rotatable bonds is 8. The molecule has 3 aromatic carbocycles. The highest BCUT2D eigenvalue weighted by atomic mass is 16.6. The van der Waals surface area contributed by atoms with E-state index in [0.717, 1.165) is 5.39 Å². The predicted molar refractivity (Wildman–Crippen MR) is 187 cm³/mol. The van der Waals surface area contributed by atoms with Crippen LogP contribution in [0.5, 0.6) is 5.75 Å². The molecule has 1 aliphatic rings. The van der Waals surface area contributed by atoms with Crippen LogP contribution in [0.2, 0.25) is 0 Å². The molecule has 0 bridgehead atoms. The third-order valence-corrected chi connectivity index (χ3v) is 8.33. The second-order valence-corrected chi connectivity index (χ2v) is 13.0. The average molecular weight is 680 g/mol. The molecule has 50 heavy (non-hydrogen) atoms. The lowest BCUT2D eigenvalue weighted by atomic mass is 10.1. The first-order chi connectivity index (χ1) is 23.7. The van der Waals surface area contributed by atoms with Crippen molar-refractivity contribution in [1.29, 1.82) is 5.26 Å². The molecule has 4 amide bonds. The summed E-state index contributed by atoms with van der Waals surface area (Å²) in [7, 11) is 1.46. The zero-order valence-electron chi connectivity index (χ0n) is 29.2. The minimum Gasteiger partial charge on any atom is -0.486 e. The van der Waals surface area contributed by atoms with Crippen molar-refractivity contribution in [3.63, 3.8) is 0 Å². The predicted octanol–water partition coefficient (Wildman–Crippen LogP) is 4.70. The largest absolute Gasteiger partial charge is 0.486 e. The van der Waals surface area contributed by atoms with E-state index in [1.54, 1.807) is 75.7 Å². The number of nitrogens with zero attached hydrogens (tertiary/aromatic N) is 5. The van der Waals surface area contributed by atoms with Crippen molar-refractivity contribution in [2.24, 2.45) is 0 Å². The van der Waals surface area contributed by atoms with E-state index in [1.165, 1.54) is 22.9 Å². The van der Waals surface area contributed by atoms with Crippen LogP contribution in [0.4, 0.5) is 10.5 Å². The van der Waals surface area contributed by atoms with E-state index in [9.17, 15) is 24.4 Å². The summed E-state index contributed by atoms with van der Waals surface area (Å²) in [6.07, 6.45) is -1.45. The first-order valence-corrected chi connectivity index (χ1v) is 16.4. The molecule has 13 nitrogen and oxygen atoms in total. The minimum atomic E-state index is -1.12. The highest BCUT2D eigenvalue weighted by Gasteiger charge is 2.39. The maximum atomic E-state index is 14.5. The molecule has 0 radical (unpaired) electrons. The van der Waals surface area contributed by atoms with Crippen molar-refractivity contribution in [2.75, 3.05) is 18.5 Å². The van der Waals surface area contributed by atoms with Gasteiger partial charge in [0.15, 0.2) is 0 Å². The molecule has 1 aromatic heterocycles. The molecule has 0 spiro atoms. The van der Waals surface area contributed by atoms with Gasteiger partial charge < -0.3 is 25.0 Å². The Bertz CT molecular complexity index is 1990. The van der Waals surface area contributed by atoms with Crippen molar-refractivity contribution in [2.45, 2.75) is 71.9 Å². The van der Waals surface area contributed by atoms with Crippen LogP contribution in [-0.2, 0) is 20.9 Å². The second-order valence-electron chi connectivity index (χ2n) is 13.0. The molecule has 2 heterocycles. The van der Waals surface area contributed by atoms with Gasteiger partial charge in [-0.15, -0.1) is 0 Å². The number of nitriles is 1. The number of carbonyl (C=O) groups is 4. The lowest BCUT2D eigenvalue weighted by molar-refractivity contribution is -0.131. The standard InChI is InChI=1S/C37H41N7O6/c1-8-39-34(46)24-17-18-28(25(19-24)20-38)44-29-14-10-9-13-26(29)27(41-44)21-43-30-15-11-12-16-31(30)49-23(3)32(35(43)47)40-33(45)22(2)42(7)36(48)50-37(4,5)6/h9-19,22-23,32H,8,21H2,1-7H3,(H,39,46)(H,40,45)/t22-,23-,32-/m0/s1. The van der Waals surface area contributed by atoms with Crippen LogP contribution in [0.3, 0.4) is 0 Å². The Morgan fingerprint density at radius 1 is 1.08 bits per heavy atom. The number of benzene rings is 3. The summed E-state index contributed by atoms with van der Waals surface area (Å²) < 4.78 is 13.3. The fraction of sp³-hybridized carbons (Fsp3) is 0.351. The molecule has 4 aromatic rings. The first-order valence-electron chi connectivity index (χ1n) is 16.4. The van der Waals surface area contributed by atoms with Gasteiger partial charge in [-0.05, 0) is 77.9 Å². The van der Waals surface area contributed by atoms with Crippen LogP contribution in [0, 0.1) is 11.3 Å². The maximum Gasteiger partial charge on any atom is 0.410 e. The molecule has 0 saturated carbocycles. The average Bonchev–Trinajstić information content (AvgIpc) is 3.41. The van der Waals surface area contributed by atoms with Gasteiger partial charge in [0, 0.05) is 24.5 Å². The van der Waals surface area contributed by atoms with Gasteiger partial charge in [-0.3, -0.25) is 19.3 Å². The summed E-state index contributed by atoms with van der Waals surface area (Å²) in [5.74, 6) is -0.845. The quantitative estimate of drug-likeness (QED) is 0.271. The van der Waals surface area contributed by atoms with E-state index in [0.29, 0.717) is 40.4 Å². The number of amides is 4. The molecule has 3 atom stereocenters. The third-order valence-electron chi connectivity index (χ3n) is 8.33. The Hall–Kier alpha value is -5.90. The molecule has 5 rings (SSSR count). The lowest BCUT2D eigenvalue weighted by Crippen LogP contribution is -2.57. The van der Waals surface area contributed by atoms with Crippen LogP contribution in [0.1, 0.15) is 63.2 Å². The molecule has 260 valence electrons. The van der Waals surface area contributed by atoms with Crippen LogP contribution in [0.25, 0.3) is 16.6 Å².